The molecule has 4 aliphatic rings. The number of amides is 4. The first kappa shape index (κ1) is 32.8. The van der Waals surface area contributed by atoms with Gasteiger partial charge in [-0.15, -0.1) is 23.2 Å². The average Bonchev–Trinajstić information content (AvgIpc) is 3.38. The number of fused-ring (bicyclic) bond motifs is 4. The van der Waals surface area contributed by atoms with Gasteiger partial charge in [0.15, 0.2) is 33.0 Å². The number of halogens is 9. The van der Waals surface area contributed by atoms with Gasteiger partial charge in [-0.05, 0) is 60.7 Å². The molecule has 3 fully saturated rings. The molecule has 1 N–H and O–H groups in total. The third-order valence-corrected chi connectivity index (χ3v) is 11.6. The minimum Gasteiger partial charge on any atom is -0.508 e. The molecule has 248 valence electrons. The zero-order chi connectivity index (χ0) is 34.8. The van der Waals surface area contributed by atoms with E-state index in [0.717, 1.165) is 11.0 Å². The fourth-order valence-corrected chi connectivity index (χ4v) is 8.84. The van der Waals surface area contributed by atoms with E-state index in [1.807, 2.05) is 0 Å². The van der Waals surface area contributed by atoms with Gasteiger partial charge >= 0.3 is 0 Å². The van der Waals surface area contributed by atoms with Gasteiger partial charge < -0.3 is 5.11 Å². The molecule has 0 aromatic heterocycles. The fraction of sp³-hybridized carbons (Fsp3) is 0.250. The predicted octanol–water partition coefficient (Wildman–Crippen LogP) is 7.16. The molecule has 2 aliphatic carbocycles. The summed E-state index contributed by atoms with van der Waals surface area (Å²) < 4.78 is 73.0. The van der Waals surface area contributed by atoms with Crippen LogP contribution in [0.25, 0.3) is 0 Å². The molecule has 0 spiro atoms. The maximum atomic E-state index is 15.1. The summed E-state index contributed by atoms with van der Waals surface area (Å²) in [5, 5.41) is 10.2. The lowest BCUT2D eigenvalue weighted by Gasteiger charge is -2.50. The van der Waals surface area contributed by atoms with E-state index in [9.17, 15) is 37.5 Å². The maximum absolute atomic E-state index is 15.1. The Morgan fingerprint density at radius 3 is 1.96 bits per heavy atom. The number of hydrogen-bond acceptors (Lipinski definition) is 5. The largest absolute Gasteiger partial charge is 0.508 e. The molecule has 48 heavy (non-hydrogen) atoms. The van der Waals surface area contributed by atoms with E-state index in [1.165, 1.54) is 42.5 Å². The van der Waals surface area contributed by atoms with Crippen molar-refractivity contribution in [3.63, 3.8) is 0 Å². The van der Waals surface area contributed by atoms with Crippen LogP contribution in [-0.4, -0.2) is 38.5 Å². The first-order valence-corrected chi connectivity index (χ1v) is 15.7. The van der Waals surface area contributed by atoms with Crippen molar-refractivity contribution >= 4 is 81.4 Å². The van der Waals surface area contributed by atoms with Gasteiger partial charge in [0.25, 0.3) is 11.8 Å². The summed E-state index contributed by atoms with van der Waals surface area (Å²) in [6.45, 7) is 0. The number of alkyl halides is 2. The topological polar surface area (TPSA) is 95.0 Å². The van der Waals surface area contributed by atoms with Crippen LogP contribution in [0.3, 0.4) is 0 Å². The molecular weight excluding hydrogens is 729 g/mol. The van der Waals surface area contributed by atoms with Crippen LogP contribution in [0.15, 0.2) is 54.1 Å². The van der Waals surface area contributed by atoms with Gasteiger partial charge in [-0.1, -0.05) is 40.9 Å². The van der Waals surface area contributed by atoms with E-state index in [0.29, 0.717) is 5.02 Å². The highest BCUT2D eigenvalue weighted by Crippen LogP contribution is 2.66. The number of nitrogens with zero attached hydrogens (tertiary/aromatic N) is 2. The highest BCUT2D eigenvalue weighted by Gasteiger charge is 2.77. The van der Waals surface area contributed by atoms with Gasteiger partial charge in [0.05, 0.1) is 17.5 Å². The van der Waals surface area contributed by atoms with E-state index in [4.69, 9.17) is 46.4 Å². The Kier molecular flexibility index (Phi) is 7.45. The van der Waals surface area contributed by atoms with E-state index in [1.54, 1.807) is 0 Å². The zero-order valence-corrected chi connectivity index (χ0v) is 26.7. The molecule has 0 bridgehead atoms. The minimum absolute atomic E-state index is 0.0179. The van der Waals surface area contributed by atoms with Gasteiger partial charge in [-0.25, -0.2) is 26.9 Å². The third-order valence-electron chi connectivity index (χ3n) is 9.60. The Morgan fingerprint density at radius 2 is 1.35 bits per heavy atom. The Labute approximate surface area is 287 Å². The van der Waals surface area contributed by atoms with E-state index in [-0.39, 0.29) is 38.9 Å². The smallest absolute Gasteiger partial charge is 0.258 e. The number of hydrogen-bond donors (Lipinski definition) is 1. The highest BCUT2D eigenvalue weighted by atomic mass is 35.5. The summed E-state index contributed by atoms with van der Waals surface area (Å²) in [6.07, 6.45) is 0.819. The molecule has 3 aromatic rings. The fourth-order valence-electron chi connectivity index (χ4n) is 7.51. The lowest BCUT2D eigenvalue weighted by molar-refractivity contribution is -0.125. The summed E-state index contributed by atoms with van der Waals surface area (Å²) in [6, 6.07) is 9.36. The Balaban J connectivity index is 1.44. The number of phenolic OH excluding ortho intramolecular Hbond substituents is 1. The second-order valence-corrected chi connectivity index (χ2v) is 14.0. The monoisotopic (exact) mass is 744 g/mol. The van der Waals surface area contributed by atoms with E-state index >= 15 is 8.78 Å². The minimum atomic E-state index is -2.73. The van der Waals surface area contributed by atoms with Gasteiger partial charge in [0.2, 0.25) is 17.6 Å². The molecule has 0 radical (unpaired) electrons. The molecule has 3 aromatic carbocycles. The van der Waals surface area contributed by atoms with Crippen LogP contribution in [0.2, 0.25) is 10.0 Å². The van der Waals surface area contributed by atoms with Crippen LogP contribution in [0, 0.1) is 46.8 Å². The molecule has 4 amide bonds. The van der Waals surface area contributed by atoms with Crippen molar-refractivity contribution in [1.82, 2.24) is 0 Å². The van der Waals surface area contributed by atoms with Crippen LogP contribution >= 0.6 is 46.4 Å². The Bertz CT molecular complexity index is 2020. The Morgan fingerprint density at radius 1 is 0.750 bits per heavy atom. The molecule has 7 rings (SSSR count). The van der Waals surface area contributed by atoms with Crippen molar-refractivity contribution in [3.8, 4) is 5.75 Å². The highest BCUT2D eigenvalue weighted by molar-refractivity contribution is 6.58. The molecule has 7 nitrogen and oxygen atoms in total. The number of carbonyl (C=O) groups is 4. The molecule has 1 saturated carbocycles. The molecule has 2 aliphatic heterocycles. The molecule has 0 unspecified atom stereocenters. The first-order chi connectivity index (χ1) is 22.6. The Hall–Kier alpha value is -3.71. The zero-order valence-electron chi connectivity index (χ0n) is 23.7. The lowest BCUT2D eigenvalue weighted by Crippen LogP contribution is -2.60. The number of anilines is 2. The van der Waals surface area contributed by atoms with Gasteiger partial charge in [-0.2, -0.15) is 0 Å². The van der Waals surface area contributed by atoms with Crippen molar-refractivity contribution in [2.75, 3.05) is 9.80 Å². The molecule has 2 heterocycles. The van der Waals surface area contributed by atoms with Crippen molar-refractivity contribution in [2.45, 2.75) is 28.5 Å². The number of phenols is 1. The molecule has 16 heteroatoms. The maximum Gasteiger partial charge on any atom is 0.258 e. The molecular formula is C32H17Cl4F5N2O5. The van der Waals surface area contributed by atoms with Crippen molar-refractivity contribution < 1.29 is 46.2 Å². The summed E-state index contributed by atoms with van der Waals surface area (Å²) in [4.78, 5) is 51.5. The quantitative estimate of drug-likeness (QED) is 0.0767. The number of aromatic hydroxyl groups is 1. The van der Waals surface area contributed by atoms with Crippen LogP contribution in [-0.2, 0) is 19.2 Å². The van der Waals surface area contributed by atoms with E-state index in [2.05, 4.69) is 0 Å². The number of allylic oxidation sites excluding steroid dienone is 2. The van der Waals surface area contributed by atoms with Gasteiger partial charge in [0, 0.05) is 16.0 Å². The van der Waals surface area contributed by atoms with Gasteiger partial charge in [-0.3, -0.25) is 24.1 Å². The SMILES string of the molecule is O=C1[C@H]2[C@H](CC=C3[C@H]2C[C@@]2(Cl)C(=O)N(c4c(F)c(F)c(F)c(F)c4F)C(=O)[C@@]2(Cl)[C@H]3c2ccc(O)cc2Cl)C(=O)N1c1ccc(Cl)cc1. The number of rotatable bonds is 3. The van der Waals surface area contributed by atoms with Crippen molar-refractivity contribution in [3.05, 3.63) is 98.8 Å². The number of benzene rings is 3. The summed E-state index contributed by atoms with van der Waals surface area (Å²) >= 11 is 26.6. The van der Waals surface area contributed by atoms with Crippen LogP contribution in [0.4, 0.5) is 33.3 Å². The van der Waals surface area contributed by atoms with Crippen molar-refractivity contribution in [2.24, 2.45) is 17.8 Å². The van der Waals surface area contributed by atoms with Gasteiger partial charge in [0.1, 0.15) is 11.4 Å². The lowest BCUT2D eigenvalue weighted by atomic mass is 9.56. The predicted molar refractivity (Wildman–Crippen MR) is 163 cm³/mol. The third kappa shape index (κ3) is 4.12. The van der Waals surface area contributed by atoms with Crippen LogP contribution in [0.5, 0.6) is 5.75 Å². The standard InChI is InChI=1S/C32H17Cl4F5N2O5/c33-11-1-3-12(4-2-11)42-27(45)16-8-7-14-17(19(16)28(42)46)10-31(35)29(47)43(26-24(40)22(38)21(37)23(39)25(26)41)30(48)32(31,36)20(14)15-6-5-13(44)9-18(15)34/h1-7,9,16-17,19-20,44H,8,10H2/t16-,17+,19-,20+,31+,32-/m0/s1. The number of imide groups is 2. The van der Waals surface area contributed by atoms with Crippen molar-refractivity contribution in [1.29, 1.82) is 0 Å². The molecule has 2 saturated heterocycles. The summed E-state index contributed by atoms with van der Waals surface area (Å²) in [5.74, 6) is -22.0. The van der Waals surface area contributed by atoms with Crippen LogP contribution < -0.4 is 9.80 Å². The van der Waals surface area contributed by atoms with E-state index < -0.39 is 98.2 Å². The van der Waals surface area contributed by atoms with Crippen LogP contribution in [0.1, 0.15) is 24.3 Å². The second kappa shape index (κ2) is 10.9. The summed E-state index contributed by atoms with van der Waals surface area (Å²) in [5.41, 5.74) is -1.48. The first-order valence-electron chi connectivity index (χ1n) is 14.2. The summed E-state index contributed by atoms with van der Waals surface area (Å²) in [7, 11) is 0. The average molecular weight is 746 g/mol. The normalized spacial score (nSPS) is 29.6. The molecule has 6 atom stereocenters. The number of carbonyl (C=O) groups excluding carboxylic acids is 4. The second-order valence-electron chi connectivity index (χ2n) is 11.9.